The van der Waals surface area contributed by atoms with E-state index in [0.29, 0.717) is 28.0 Å². The number of rotatable bonds is 4. The Morgan fingerprint density at radius 1 is 1.15 bits per heavy atom. The second kappa shape index (κ2) is 6.61. The lowest BCUT2D eigenvalue weighted by Crippen LogP contribution is -2.01. The Kier molecular flexibility index (Phi) is 5.08. The molecule has 0 saturated carbocycles. The third-order valence-corrected chi connectivity index (χ3v) is 3.93. The van der Waals surface area contributed by atoms with E-state index in [4.69, 9.17) is 27.9 Å². The quantitative estimate of drug-likeness (QED) is 0.658. The maximum absolute atomic E-state index is 11.6. The van der Waals surface area contributed by atoms with Crippen LogP contribution < -0.4 is 4.74 Å². The molecule has 2 rings (SSSR count). The molecule has 0 unspecified atom stereocenters. The zero-order valence-corrected chi connectivity index (χ0v) is 13.7. The normalized spacial score (nSPS) is 10.4. The summed E-state index contributed by atoms with van der Waals surface area (Å²) in [5.74, 6) is 0.500. The van der Waals surface area contributed by atoms with Crippen LogP contribution in [0.3, 0.4) is 0 Å². The molecule has 0 aliphatic rings. The van der Waals surface area contributed by atoms with Gasteiger partial charge in [-0.25, -0.2) is 0 Å². The van der Waals surface area contributed by atoms with Gasteiger partial charge >= 0.3 is 0 Å². The van der Waals surface area contributed by atoms with Crippen molar-refractivity contribution in [2.45, 2.75) is 13.5 Å². The van der Waals surface area contributed by atoms with Crippen LogP contribution in [-0.2, 0) is 6.61 Å². The molecular weight excluding hydrogens is 363 g/mol. The van der Waals surface area contributed by atoms with Gasteiger partial charge in [-0.15, -0.1) is 0 Å². The van der Waals surface area contributed by atoms with Crippen LogP contribution in [0.4, 0.5) is 0 Å². The minimum absolute atomic E-state index is 0.0401. The van der Waals surface area contributed by atoms with Gasteiger partial charge in [0, 0.05) is 4.47 Å². The summed E-state index contributed by atoms with van der Waals surface area (Å²) in [6.45, 7) is 1.82. The molecule has 0 fully saturated rings. The molecular formula is C15H11BrCl2O2. The Balaban J connectivity index is 2.20. The molecule has 0 amide bonds. The minimum Gasteiger partial charge on any atom is -0.488 e. The standard InChI is InChI=1S/C15H11BrCl2O2/c1-9(19)12-4-3-11(16)7-15(12)20-8-10-2-5-13(17)14(18)6-10/h2-7H,8H2,1H3. The van der Waals surface area contributed by atoms with E-state index in [1.807, 2.05) is 12.1 Å². The predicted molar refractivity (Wildman–Crippen MR) is 84.9 cm³/mol. The van der Waals surface area contributed by atoms with Crippen LogP contribution in [0.2, 0.25) is 10.0 Å². The van der Waals surface area contributed by atoms with Gasteiger partial charge in [0.25, 0.3) is 0 Å². The Bertz CT molecular complexity index is 656. The number of ether oxygens (including phenoxy) is 1. The van der Waals surface area contributed by atoms with Crippen LogP contribution in [0.5, 0.6) is 5.75 Å². The molecule has 20 heavy (non-hydrogen) atoms. The summed E-state index contributed by atoms with van der Waals surface area (Å²) in [6.07, 6.45) is 0. The van der Waals surface area contributed by atoms with E-state index in [2.05, 4.69) is 15.9 Å². The number of carbonyl (C=O) groups is 1. The third-order valence-electron chi connectivity index (χ3n) is 2.70. The molecule has 104 valence electrons. The van der Waals surface area contributed by atoms with Gasteiger partial charge in [-0.1, -0.05) is 45.2 Å². The SMILES string of the molecule is CC(=O)c1ccc(Br)cc1OCc1ccc(Cl)c(Cl)c1. The lowest BCUT2D eigenvalue weighted by atomic mass is 10.1. The average Bonchev–Trinajstić information content (AvgIpc) is 2.40. The van der Waals surface area contributed by atoms with E-state index in [9.17, 15) is 4.79 Å². The van der Waals surface area contributed by atoms with Crippen molar-refractivity contribution in [3.63, 3.8) is 0 Å². The zero-order chi connectivity index (χ0) is 14.7. The van der Waals surface area contributed by atoms with E-state index < -0.39 is 0 Å². The molecule has 0 heterocycles. The predicted octanol–water partition coefficient (Wildman–Crippen LogP) is 5.54. The van der Waals surface area contributed by atoms with Gasteiger partial charge in [0.15, 0.2) is 5.78 Å². The minimum atomic E-state index is -0.0401. The molecule has 0 aliphatic carbocycles. The maximum Gasteiger partial charge on any atom is 0.163 e. The van der Waals surface area contributed by atoms with E-state index in [1.165, 1.54) is 6.92 Å². The summed E-state index contributed by atoms with van der Waals surface area (Å²) in [5, 5.41) is 0.982. The molecule has 0 aromatic heterocycles. The van der Waals surface area contributed by atoms with Crippen molar-refractivity contribution in [1.82, 2.24) is 0 Å². The first kappa shape index (κ1) is 15.4. The lowest BCUT2D eigenvalue weighted by Gasteiger charge is -2.11. The van der Waals surface area contributed by atoms with Crippen LogP contribution >= 0.6 is 39.1 Å². The molecule has 5 heteroatoms. The Hall–Kier alpha value is -1.03. The van der Waals surface area contributed by atoms with E-state index in [0.717, 1.165) is 10.0 Å². The number of hydrogen-bond acceptors (Lipinski definition) is 2. The van der Waals surface area contributed by atoms with Crippen LogP contribution in [0, 0.1) is 0 Å². The summed E-state index contributed by atoms with van der Waals surface area (Å²) in [7, 11) is 0. The highest BCUT2D eigenvalue weighted by Gasteiger charge is 2.09. The fourth-order valence-electron chi connectivity index (χ4n) is 1.70. The Labute approximate surface area is 135 Å². The topological polar surface area (TPSA) is 26.3 Å². The van der Waals surface area contributed by atoms with Crippen molar-refractivity contribution < 1.29 is 9.53 Å². The van der Waals surface area contributed by atoms with Gasteiger partial charge in [0.2, 0.25) is 0 Å². The second-order valence-electron chi connectivity index (χ2n) is 4.23. The Morgan fingerprint density at radius 3 is 2.55 bits per heavy atom. The van der Waals surface area contributed by atoms with Gasteiger partial charge in [-0.2, -0.15) is 0 Å². The van der Waals surface area contributed by atoms with Crippen LogP contribution in [-0.4, -0.2) is 5.78 Å². The number of hydrogen-bond donors (Lipinski definition) is 0. The smallest absolute Gasteiger partial charge is 0.163 e. The number of halogens is 3. The van der Waals surface area contributed by atoms with Crippen molar-refractivity contribution in [3.05, 3.63) is 62.0 Å². The van der Waals surface area contributed by atoms with E-state index in [-0.39, 0.29) is 5.78 Å². The molecule has 0 aliphatic heterocycles. The maximum atomic E-state index is 11.6. The highest BCUT2D eigenvalue weighted by Crippen LogP contribution is 2.27. The van der Waals surface area contributed by atoms with Crippen molar-refractivity contribution >= 4 is 44.9 Å². The van der Waals surface area contributed by atoms with E-state index >= 15 is 0 Å². The van der Waals surface area contributed by atoms with Gasteiger partial charge in [0.1, 0.15) is 12.4 Å². The number of Topliss-reactive ketones (excluding diaryl/α,β-unsaturated/α-hetero) is 1. The van der Waals surface area contributed by atoms with Gasteiger partial charge in [0.05, 0.1) is 15.6 Å². The largest absolute Gasteiger partial charge is 0.488 e. The molecule has 2 nitrogen and oxygen atoms in total. The summed E-state index contributed by atoms with van der Waals surface area (Å²) in [4.78, 5) is 11.6. The Morgan fingerprint density at radius 2 is 1.90 bits per heavy atom. The monoisotopic (exact) mass is 372 g/mol. The van der Waals surface area contributed by atoms with Crippen molar-refractivity contribution in [2.75, 3.05) is 0 Å². The third kappa shape index (κ3) is 3.75. The highest BCUT2D eigenvalue weighted by atomic mass is 79.9. The number of benzene rings is 2. The second-order valence-corrected chi connectivity index (χ2v) is 5.96. The summed E-state index contributed by atoms with van der Waals surface area (Å²) in [6, 6.07) is 10.6. The molecule has 0 radical (unpaired) electrons. The number of carbonyl (C=O) groups excluding carboxylic acids is 1. The van der Waals surface area contributed by atoms with Crippen LogP contribution in [0.1, 0.15) is 22.8 Å². The summed E-state index contributed by atoms with van der Waals surface area (Å²) >= 11 is 15.2. The van der Waals surface area contributed by atoms with Gasteiger partial charge in [-0.05, 0) is 42.8 Å². The summed E-state index contributed by atoms with van der Waals surface area (Å²) < 4.78 is 6.56. The first-order valence-corrected chi connectivity index (χ1v) is 7.39. The molecule has 0 atom stereocenters. The number of ketones is 1. The summed E-state index contributed by atoms with van der Waals surface area (Å²) in [5.41, 5.74) is 1.43. The first-order valence-electron chi connectivity index (χ1n) is 5.84. The van der Waals surface area contributed by atoms with Crippen LogP contribution in [0.25, 0.3) is 0 Å². The molecule has 0 spiro atoms. The molecule has 0 saturated heterocycles. The fourth-order valence-corrected chi connectivity index (χ4v) is 2.36. The van der Waals surface area contributed by atoms with Crippen molar-refractivity contribution in [1.29, 1.82) is 0 Å². The lowest BCUT2D eigenvalue weighted by molar-refractivity contribution is 0.101. The van der Waals surface area contributed by atoms with Crippen molar-refractivity contribution in [2.24, 2.45) is 0 Å². The highest BCUT2D eigenvalue weighted by molar-refractivity contribution is 9.10. The van der Waals surface area contributed by atoms with E-state index in [1.54, 1.807) is 24.3 Å². The molecule has 2 aromatic rings. The van der Waals surface area contributed by atoms with Crippen molar-refractivity contribution in [3.8, 4) is 5.75 Å². The molecule has 0 N–H and O–H groups in total. The zero-order valence-electron chi connectivity index (χ0n) is 10.6. The van der Waals surface area contributed by atoms with Gasteiger partial charge < -0.3 is 4.74 Å². The molecule has 0 bridgehead atoms. The fraction of sp³-hybridized carbons (Fsp3) is 0.133. The van der Waals surface area contributed by atoms with Crippen LogP contribution in [0.15, 0.2) is 40.9 Å². The van der Waals surface area contributed by atoms with Gasteiger partial charge in [-0.3, -0.25) is 4.79 Å². The molecule has 2 aromatic carbocycles. The first-order chi connectivity index (χ1) is 9.47. The average molecular weight is 374 g/mol.